The number of nitrogens with zero attached hydrogens (tertiary/aromatic N) is 3. The molecule has 0 aromatic carbocycles. The number of hydrogen-bond donors (Lipinski definition) is 9. The number of H-pyrrole nitrogens is 1. The summed E-state index contributed by atoms with van der Waals surface area (Å²) >= 11 is 0. The van der Waals surface area contributed by atoms with E-state index in [1.54, 1.807) is 0 Å². The number of aliphatic hydroxyl groups excluding tert-OH is 3. The number of aliphatic imine (C=N–C) groups is 1. The first-order valence-electron chi connectivity index (χ1n) is 14.3. The van der Waals surface area contributed by atoms with Crippen LogP contribution in [0, 0.1) is 13.8 Å². The average molecular weight is 776 g/mol. The summed E-state index contributed by atoms with van der Waals surface area (Å²) in [7, 11) is -16.1. The number of hydrogen-bond acceptors (Lipinski definition) is 17. The Morgan fingerprint density at radius 3 is 2.40 bits per heavy atom. The normalized spacial score (nSPS) is 30.0. The number of phosphoric acid groups is 3. The van der Waals surface area contributed by atoms with E-state index >= 15 is 0 Å². The second-order valence-electron chi connectivity index (χ2n) is 11.2. The molecule has 4 heterocycles. The van der Waals surface area contributed by atoms with Gasteiger partial charge < -0.3 is 49.5 Å². The maximum atomic E-state index is 12.7. The van der Waals surface area contributed by atoms with Crippen molar-refractivity contribution >= 4 is 29.7 Å². The van der Waals surface area contributed by atoms with Crippen LogP contribution in [0.15, 0.2) is 27.0 Å². The first-order chi connectivity index (χ1) is 23.1. The van der Waals surface area contributed by atoms with Crippen molar-refractivity contribution in [1.82, 2.24) is 14.5 Å². The van der Waals surface area contributed by atoms with Gasteiger partial charge in [0.15, 0.2) is 6.29 Å². The molecule has 0 saturated carbocycles. The number of aryl methyl sites for hydroxylation is 2. The van der Waals surface area contributed by atoms with Crippen LogP contribution in [0.2, 0.25) is 0 Å². The minimum Gasteiger partial charge on any atom is -0.505 e. The van der Waals surface area contributed by atoms with Gasteiger partial charge in [-0.05, 0) is 20.8 Å². The van der Waals surface area contributed by atoms with Gasteiger partial charge in [0.2, 0.25) is 0 Å². The van der Waals surface area contributed by atoms with Crippen LogP contribution in [0.3, 0.4) is 0 Å². The zero-order valence-electron chi connectivity index (χ0n) is 26.2. The summed E-state index contributed by atoms with van der Waals surface area (Å²) in [5.41, 5.74) is -1.49. The summed E-state index contributed by atoms with van der Waals surface area (Å²) in [5, 5.41) is 42.3. The van der Waals surface area contributed by atoms with Gasteiger partial charge >= 0.3 is 29.2 Å². The molecule has 280 valence electrons. The lowest BCUT2D eigenvalue weighted by Gasteiger charge is -2.39. The monoisotopic (exact) mass is 776 g/mol. The van der Waals surface area contributed by atoms with E-state index in [1.165, 1.54) is 27.0 Å². The van der Waals surface area contributed by atoms with Crippen LogP contribution in [0.4, 0.5) is 0 Å². The fourth-order valence-electron chi connectivity index (χ4n) is 4.81. The Hall–Kier alpha value is -2.53. The Kier molecular flexibility index (Phi) is 12.6. The van der Waals surface area contributed by atoms with Crippen molar-refractivity contribution < 1.29 is 81.1 Å². The highest BCUT2D eigenvalue weighted by atomic mass is 31.3. The van der Waals surface area contributed by atoms with Gasteiger partial charge in [-0.2, -0.15) is 4.31 Å². The summed E-state index contributed by atoms with van der Waals surface area (Å²) in [6.45, 7) is 2.44. The van der Waals surface area contributed by atoms with Gasteiger partial charge in [-0.3, -0.25) is 37.9 Å². The zero-order valence-corrected chi connectivity index (χ0v) is 28.9. The lowest BCUT2D eigenvalue weighted by atomic mass is 9.97. The fraction of sp³-hybridized carbons (Fsp3) is 0.583. The van der Waals surface area contributed by atoms with Crippen molar-refractivity contribution in [3.05, 3.63) is 55.6 Å². The van der Waals surface area contributed by atoms with Crippen molar-refractivity contribution in [2.24, 2.45) is 4.99 Å². The standard InChI is InChI=1S/C24H35N4O19P3/c1-10-7-28(24(34)27-22(10)33)17-4-15(29)16(45-17)9-43-49(38,39)47-50(40,41)46-23-21(32)18(20(31)12(3)44-23)26-6-14-13(8-42-48(35,36)37)5-25-11(2)19(14)30/h5-7,12,15-18,20-21,23,29-32H,4,8-9H2,1-3H3,(H,38,39)(H,40,41)(H,27,33,34)(H2,35,36,37)/t12-,15+,16-,17-,18+,20+,21-,23-/m1/s1. The molecule has 9 N–H and O–H groups in total. The number of aliphatic hydroxyl groups is 3. The molecule has 2 aliphatic rings. The number of aromatic nitrogens is 3. The quantitative estimate of drug-likeness (QED) is 0.0844. The third-order valence-corrected chi connectivity index (χ3v) is 10.5. The molecule has 23 nitrogen and oxygen atoms in total. The second kappa shape index (κ2) is 15.6. The van der Waals surface area contributed by atoms with E-state index in [9.17, 15) is 53.5 Å². The topological polar surface area (TPSA) is 349 Å². The third-order valence-electron chi connectivity index (χ3n) is 7.44. The number of pyridine rings is 1. The SMILES string of the molecule is Cc1ncc(COP(=O)(O)O)c(C=N[C@H]2[C@@H](O)[C@@H](C)O[C@H](OP(=O)(O)OP(=O)(O)OC[C@H]3O[C@@H](n4cc(C)c(=O)[nH]c4=O)C[C@@H]3O)[C@@H]2O)c1O. The van der Waals surface area contributed by atoms with Crippen LogP contribution in [-0.2, 0) is 47.7 Å². The van der Waals surface area contributed by atoms with E-state index in [0.717, 1.165) is 17.0 Å². The van der Waals surface area contributed by atoms with Gasteiger partial charge in [-0.15, -0.1) is 0 Å². The Labute approximate surface area is 281 Å². The van der Waals surface area contributed by atoms with E-state index < -0.39 is 103 Å². The predicted molar refractivity (Wildman–Crippen MR) is 164 cm³/mol. The lowest BCUT2D eigenvalue weighted by Crippen LogP contribution is -2.56. The number of aromatic hydroxyl groups is 1. The summed E-state index contributed by atoms with van der Waals surface area (Å²) in [4.78, 5) is 72.2. The molecule has 0 radical (unpaired) electrons. The van der Waals surface area contributed by atoms with Crippen molar-refractivity contribution in [3.8, 4) is 5.75 Å². The Bertz CT molecular complexity index is 1850. The first-order valence-corrected chi connectivity index (χ1v) is 18.9. The van der Waals surface area contributed by atoms with Crippen molar-refractivity contribution in [1.29, 1.82) is 0 Å². The van der Waals surface area contributed by atoms with Crippen LogP contribution in [0.25, 0.3) is 0 Å². The van der Waals surface area contributed by atoms with Crippen LogP contribution in [0.5, 0.6) is 5.75 Å². The Balaban J connectivity index is 1.42. The molecule has 50 heavy (non-hydrogen) atoms. The van der Waals surface area contributed by atoms with E-state index in [2.05, 4.69) is 23.8 Å². The second-order valence-corrected chi connectivity index (χ2v) is 15.4. The Morgan fingerprint density at radius 2 is 1.74 bits per heavy atom. The average Bonchev–Trinajstić information content (AvgIpc) is 3.36. The molecular formula is C24H35N4O19P3. The maximum absolute atomic E-state index is 12.7. The fourth-order valence-corrected chi connectivity index (χ4v) is 7.28. The molecule has 2 saturated heterocycles. The molecule has 4 rings (SSSR count). The molecule has 2 unspecified atom stereocenters. The van der Waals surface area contributed by atoms with Crippen LogP contribution < -0.4 is 11.2 Å². The smallest absolute Gasteiger partial charge is 0.483 e. The molecule has 0 bridgehead atoms. The summed E-state index contributed by atoms with van der Waals surface area (Å²) in [6, 6.07) is -1.61. The van der Waals surface area contributed by atoms with E-state index in [-0.39, 0.29) is 28.8 Å². The molecular weight excluding hydrogens is 741 g/mol. The highest BCUT2D eigenvalue weighted by Crippen LogP contribution is 2.61. The molecule has 10 atom stereocenters. The van der Waals surface area contributed by atoms with Crippen LogP contribution in [0.1, 0.15) is 42.0 Å². The van der Waals surface area contributed by atoms with Crippen molar-refractivity contribution in [3.63, 3.8) is 0 Å². The molecule has 0 spiro atoms. The van der Waals surface area contributed by atoms with Gasteiger partial charge in [-0.25, -0.2) is 18.5 Å². The van der Waals surface area contributed by atoms with Gasteiger partial charge in [0.25, 0.3) is 5.56 Å². The molecule has 2 aromatic rings. The molecule has 0 aliphatic carbocycles. The Morgan fingerprint density at radius 1 is 1.06 bits per heavy atom. The number of ether oxygens (including phenoxy) is 2. The molecule has 26 heteroatoms. The van der Waals surface area contributed by atoms with Gasteiger partial charge in [-0.1, -0.05) is 0 Å². The molecule has 2 fully saturated rings. The highest BCUT2D eigenvalue weighted by Gasteiger charge is 2.48. The lowest BCUT2D eigenvalue weighted by molar-refractivity contribution is -0.240. The van der Waals surface area contributed by atoms with Crippen molar-refractivity contribution in [2.75, 3.05) is 6.61 Å². The highest BCUT2D eigenvalue weighted by molar-refractivity contribution is 7.61. The van der Waals surface area contributed by atoms with E-state index in [1.807, 2.05) is 0 Å². The minimum absolute atomic E-state index is 0.0597. The van der Waals surface area contributed by atoms with Gasteiger partial charge in [0, 0.05) is 41.7 Å². The number of phosphoric ester groups is 3. The number of rotatable bonds is 13. The molecule has 2 aromatic heterocycles. The largest absolute Gasteiger partial charge is 0.505 e. The van der Waals surface area contributed by atoms with Crippen LogP contribution in [-0.4, -0.2) is 110 Å². The van der Waals surface area contributed by atoms with Gasteiger partial charge in [0.05, 0.1) is 31.1 Å². The van der Waals surface area contributed by atoms with Crippen LogP contribution >= 0.6 is 23.5 Å². The maximum Gasteiger partial charge on any atom is 0.483 e. The number of aromatic amines is 1. The minimum atomic E-state index is -5.65. The first kappa shape index (κ1) is 40.2. The summed E-state index contributed by atoms with van der Waals surface area (Å²) in [5.74, 6) is -0.490. The predicted octanol–water partition coefficient (Wildman–Crippen LogP) is -1.28. The van der Waals surface area contributed by atoms with E-state index in [4.69, 9.17) is 28.3 Å². The van der Waals surface area contributed by atoms with Gasteiger partial charge in [0.1, 0.15) is 36.3 Å². The zero-order chi connectivity index (χ0) is 37.3. The molecule has 0 amide bonds. The van der Waals surface area contributed by atoms with E-state index in [0.29, 0.717) is 0 Å². The molecule has 2 aliphatic heterocycles. The number of nitrogens with one attached hydrogen (secondary N) is 1. The summed E-state index contributed by atoms with van der Waals surface area (Å²) in [6.07, 6.45) is -7.87. The summed E-state index contributed by atoms with van der Waals surface area (Å²) < 4.78 is 66.4. The van der Waals surface area contributed by atoms with Crippen molar-refractivity contribution in [2.45, 2.75) is 82.9 Å². The third kappa shape index (κ3) is 10.1.